The number of hydrogen-bond acceptors (Lipinski definition) is 5. The highest BCUT2D eigenvalue weighted by molar-refractivity contribution is 5.95. The van der Waals surface area contributed by atoms with E-state index in [4.69, 9.17) is 0 Å². The van der Waals surface area contributed by atoms with Gasteiger partial charge in [-0.2, -0.15) is 5.10 Å². The molecule has 1 fully saturated rings. The second-order valence-corrected chi connectivity index (χ2v) is 8.70. The minimum absolute atomic E-state index is 0.00312. The van der Waals surface area contributed by atoms with E-state index in [1.54, 1.807) is 35.9 Å². The number of nitrogens with one attached hydrogen (secondary N) is 2. The predicted molar refractivity (Wildman–Crippen MR) is 119 cm³/mol. The lowest BCUT2D eigenvalue weighted by atomic mass is 10.0. The summed E-state index contributed by atoms with van der Waals surface area (Å²) in [5.41, 5.74) is 1.83. The van der Waals surface area contributed by atoms with Crippen molar-refractivity contribution < 1.29 is 14.0 Å². The highest BCUT2D eigenvalue weighted by atomic mass is 19.1. The molecule has 32 heavy (non-hydrogen) atoms. The normalized spacial score (nSPS) is 14.6. The van der Waals surface area contributed by atoms with E-state index in [0.717, 1.165) is 11.1 Å². The quantitative estimate of drug-likeness (QED) is 0.728. The van der Waals surface area contributed by atoms with Crippen molar-refractivity contribution in [2.24, 2.45) is 0 Å². The standard InChI is InChI=1S/C23H30FN5O3/c1-14-15(2)20(30)27-26-19(14)13-16-6-7-18(24)17(12-16)21(31)28-8-10-29(11-9-28)22(32)23(3,4)25-5/h6-7,12,25H,8-11,13H2,1-5H3,(H,27,30). The summed E-state index contributed by atoms with van der Waals surface area (Å²) < 4.78 is 14.5. The fourth-order valence-corrected chi connectivity index (χ4v) is 3.67. The van der Waals surface area contributed by atoms with Gasteiger partial charge >= 0.3 is 0 Å². The zero-order valence-corrected chi connectivity index (χ0v) is 19.2. The summed E-state index contributed by atoms with van der Waals surface area (Å²) in [6, 6.07) is 4.44. The monoisotopic (exact) mass is 443 g/mol. The van der Waals surface area contributed by atoms with Crippen LogP contribution in [0.5, 0.6) is 0 Å². The number of H-pyrrole nitrogens is 1. The van der Waals surface area contributed by atoms with Crippen molar-refractivity contribution in [2.45, 2.75) is 39.7 Å². The molecule has 0 saturated carbocycles. The van der Waals surface area contributed by atoms with Crippen LogP contribution in [0.2, 0.25) is 0 Å². The summed E-state index contributed by atoms with van der Waals surface area (Å²) in [6.07, 6.45) is 0.366. The SMILES string of the molecule is CNC(C)(C)C(=O)N1CCN(C(=O)c2cc(Cc3n[nH]c(=O)c(C)c3C)ccc2F)CC1. The van der Waals surface area contributed by atoms with Crippen molar-refractivity contribution in [3.63, 3.8) is 0 Å². The molecule has 3 rings (SSSR count). The van der Waals surface area contributed by atoms with Crippen LogP contribution in [0.3, 0.4) is 0 Å². The number of halogens is 1. The maximum Gasteiger partial charge on any atom is 0.267 e. The highest BCUT2D eigenvalue weighted by Crippen LogP contribution is 2.19. The lowest BCUT2D eigenvalue weighted by molar-refractivity contribution is -0.138. The molecule has 172 valence electrons. The van der Waals surface area contributed by atoms with Crippen LogP contribution in [0.25, 0.3) is 0 Å². The number of piperazine rings is 1. The molecule has 0 radical (unpaired) electrons. The van der Waals surface area contributed by atoms with Crippen LogP contribution in [-0.4, -0.2) is 70.6 Å². The molecule has 0 aliphatic carbocycles. The highest BCUT2D eigenvalue weighted by Gasteiger charge is 2.33. The molecule has 8 nitrogen and oxygen atoms in total. The number of amides is 2. The van der Waals surface area contributed by atoms with Crippen molar-refractivity contribution in [1.29, 1.82) is 0 Å². The third-order valence-electron chi connectivity index (χ3n) is 6.27. The van der Waals surface area contributed by atoms with E-state index < -0.39 is 17.3 Å². The number of aromatic amines is 1. The third-order valence-corrected chi connectivity index (χ3v) is 6.27. The van der Waals surface area contributed by atoms with E-state index in [2.05, 4.69) is 15.5 Å². The molecular formula is C23H30FN5O3. The molecule has 1 saturated heterocycles. The van der Waals surface area contributed by atoms with E-state index in [1.165, 1.54) is 6.07 Å². The minimum atomic E-state index is -0.682. The zero-order valence-electron chi connectivity index (χ0n) is 19.2. The Hall–Kier alpha value is -3.07. The molecule has 1 aliphatic rings. The molecule has 0 spiro atoms. The van der Waals surface area contributed by atoms with Gasteiger partial charge in [0.2, 0.25) is 5.91 Å². The molecule has 2 N–H and O–H groups in total. The van der Waals surface area contributed by atoms with Crippen LogP contribution < -0.4 is 10.9 Å². The Morgan fingerprint density at radius 1 is 1.12 bits per heavy atom. The Morgan fingerprint density at radius 3 is 2.38 bits per heavy atom. The first-order valence-electron chi connectivity index (χ1n) is 10.7. The van der Waals surface area contributed by atoms with Gasteiger partial charge in [-0.3, -0.25) is 14.4 Å². The number of carbonyl (C=O) groups is 2. The predicted octanol–water partition coefficient (Wildman–Crippen LogP) is 1.40. The van der Waals surface area contributed by atoms with Crippen LogP contribution in [0, 0.1) is 19.7 Å². The van der Waals surface area contributed by atoms with Gasteiger partial charge in [0.05, 0.1) is 16.8 Å². The summed E-state index contributed by atoms with van der Waals surface area (Å²) in [7, 11) is 1.73. The first-order valence-corrected chi connectivity index (χ1v) is 10.7. The molecular weight excluding hydrogens is 413 g/mol. The van der Waals surface area contributed by atoms with Crippen molar-refractivity contribution >= 4 is 11.8 Å². The van der Waals surface area contributed by atoms with E-state index in [1.807, 2.05) is 20.8 Å². The Balaban J connectivity index is 1.74. The van der Waals surface area contributed by atoms with Gasteiger partial charge in [0, 0.05) is 38.2 Å². The number of aromatic nitrogens is 2. The van der Waals surface area contributed by atoms with Crippen LogP contribution in [-0.2, 0) is 11.2 Å². The van der Waals surface area contributed by atoms with Gasteiger partial charge in [0.15, 0.2) is 0 Å². The number of hydrogen-bond donors (Lipinski definition) is 2. The fraction of sp³-hybridized carbons (Fsp3) is 0.478. The Labute approximate surface area is 186 Å². The molecule has 0 unspecified atom stereocenters. The van der Waals surface area contributed by atoms with Crippen molar-refractivity contribution in [3.8, 4) is 0 Å². The van der Waals surface area contributed by atoms with Gasteiger partial charge in [0.1, 0.15) is 5.82 Å². The summed E-state index contributed by atoms with van der Waals surface area (Å²) in [5.74, 6) is -1.01. The summed E-state index contributed by atoms with van der Waals surface area (Å²) in [6.45, 7) is 8.65. The lowest BCUT2D eigenvalue weighted by Gasteiger charge is -2.38. The van der Waals surface area contributed by atoms with Gasteiger partial charge in [-0.25, -0.2) is 9.49 Å². The second kappa shape index (κ2) is 9.20. The van der Waals surface area contributed by atoms with Crippen LogP contribution >= 0.6 is 0 Å². The van der Waals surface area contributed by atoms with Gasteiger partial charge in [-0.1, -0.05) is 6.07 Å². The van der Waals surface area contributed by atoms with E-state index in [0.29, 0.717) is 43.9 Å². The number of carbonyl (C=O) groups excluding carboxylic acids is 2. The third kappa shape index (κ3) is 4.72. The first kappa shape index (κ1) is 23.6. The van der Waals surface area contributed by atoms with E-state index in [9.17, 15) is 18.8 Å². The number of nitrogens with zero attached hydrogens (tertiary/aromatic N) is 3. The maximum absolute atomic E-state index is 14.5. The molecule has 0 atom stereocenters. The smallest absolute Gasteiger partial charge is 0.267 e. The average molecular weight is 444 g/mol. The molecule has 2 heterocycles. The van der Waals surface area contributed by atoms with Crippen molar-refractivity contribution in [1.82, 2.24) is 25.3 Å². The van der Waals surface area contributed by atoms with Crippen LogP contribution in [0.15, 0.2) is 23.0 Å². The first-order chi connectivity index (χ1) is 15.0. The van der Waals surface area contributed by atoms with Crippen molar-refractivity contribution in [3.05, 3.63) is 62.3 Å². The number of benzene rings is 1. The van der Waals surface area contributed by atoms with Crippen LogP contribution in [0.4, 0.5) is 4.39 Å². The average Bonchev–Trinajstić information content (AvgIpc) is 2.79. The van der Waals surface area contributed by atoms with Crippen LogP contribution in [0.1, 0.15) is 46.6 Å². The molecule has 0 bridgehead atoms. The minimum Gasteiger partial charge on any atom is -0.338 e. The van der Waals surface area contributed by atoms with Gasteiger partial charge < -0.3 is 15.1 Å². The lowest BCUT2D eigenvalue weighted by Crippen LogP contribution is -2.58. The summed E-state index contributed by atoms with van der Waals surface area (Å²) in [5, 5.41) is 9.57. The zero-order chi connectivity index (χ0) is 23.6. The fourth-order valence-electron chi connectivity index (χ4n) is 3.67. The van der Waals surface area contributed by atoms with E-state index >= 15 is 0 Å². The topological polar surface area (TPSA) is 98.4 Å². The van der Waals surface area contributed by atoms with Gasteiger partial charge in [0.25, 0.3) is 11.5 Å². The number of rotatable bonds is 5. The summed E-state index contributed by atoms with van der Waals surface area (Å²) >= 11 is 0. The molecule has 2 aromatic rings. The van der Waals surface area contributed by atoms with E-state index in [-0.39, 0.29) is 17.0 Å². The summed E-state index contributed by atoms with van der Waals surface area (Å²) in [4.78, 5) is 40.6. The Morgan fingerprint density at radius 2 is 1.75 bits per heavy atom. The largest absolute Gasteiger partial charge is 0.338 e. The van der Waals surface area contributed by atoms with Gasteiger partial charge in [-0.05, 0) is 58.0 Å². The molecule has 1 aromatic carbocycles. The number of likely N-dealkylation sites (N-methyl/N-ethyl adjacent to an activating group) is 1. The van der Waals surface area contributed by atoms with Crippen molar-refractivity contribution in [2.75, 3.05) is 33.2 Å². The Kier molecular flexibility index (Phi) is 6.78. The molecule has 2 amide bonds. The molecule has 1 aromatic heterocycles. The molecule has 9 heteroatoms. The van der Waals surface area contributed by atoms with Gasteiger partial charge in [-0.15, -0.1) is 0 Å². The molecule has 1 aliphatic heterocycles. The maximum atomic E-state index is 14.5. The second-order valence-electron chi connectivity index (χ2n) is 8.70. The Bertz CT molecular complexity index is 1090.